The van der Waals surface area contributed by atoms with Crippen LogP contribution in [-0.2, 0) is 20.9 Å². The van der Waals surface area contributed by atoms with Crippen LogP contribution in [0.2, 0.25) is 18.6 Å². The Balaban J connectivity index is 2.19. The summed E-state index contributed by atoms with van der Waals surface area (Å²) in [6.45, 7) is 10.9. The number of aliphatic hydroxyl groups is 1. The number of methoxy groups -OCH3 is 1. The first-order valence-electron chi connectivity index (χ1n) is 11.6. The number of aliphatic hydroxyl groups excluding tert-OH is 1. The molecule has 0 aliphatic rings. The maximum absolute atomic E-state index is 13.3. The lowest BCUT2D eigenvalue weighted by molar-refractivity contribution is -0.154. The minimum atomic E-state index is -2.05. The van der Waals surface area contributed by atoms with Crippen molar-refractivity contribution in [2.24, 2.45) is 5.92 Å². The Morgan fingerprint density at radius 3 is 2.16 bits per heavy atom. The van der Waals surface area contributed by atoms with Gasteiger partial charge < -0.3 is 14.6 Å². The van der Waals surface area contributed by atoms with E-state index in [-0.39, 0.29) is 23.7 Å². The third-order valence-electron chi connectivity index (χ3n) is 6.94. The monoisotopic (exact) mass is 456 g/mol. The lowest BCUT2D eigenvalue weighted by atomic mass is 9.92. The zero-order valence-electron chi connectivity index (χ0n) is 20.5. The predicted molar refractivity (Wildman–Crippen MR) is 134 cm³/mol. The van der Waals surface area contributed by atoms with Gasteiger partial charge >= 0.3 is 5.97 Å². The molecule has 0 aliphatic carbocycles. The summed E-state index contributed by atoms with van der Waals surface area (Å²) in [6.07, 6.45) is 1.39. The van der Waals surface area contributed by atoms with E-state index >= 15 is 0 Å². The van der Waals surface area contributed by atoms with Gasteiger partial charge in [-0.25, -0.2) is 0 Å². The molecule has 0 bridgehead atoms. The van der Waals surface area contributed by atoms with Gasteiger partial charge in [-0.15, -0.1) is 0 Å². The van der Waals surface area contributed by atoms with Gasteiger partial charge in [0.25, 0.3) is 0 Å². The third kappa shape index (κ3) is 7.29. The quantitative estimate of drug-likeness (QED) is 0.347. The summed E-state index contributed by atoms with van der Waals surface area (Å²) < 4.78 is 11.2. The highest BCUT2D eigenvalue weighted by molar-refractivity contribution is 6.91. The molecule has 1 N–H and O–H groups in total. The Morgan fingerprint density at radius 1 is 1.03 bits per heavy atom. The van der Waals surface area contributed by atoms with E-state index in [1.807, 2.05) is 62.4 Å². The highest BCUT2D eigenvalue weighted by Crippen LogP contribution is 2.35. The number of carbonyl (C=O) groups excluding carboxylic acids is 1. The smallest absolute Gasteiger partial charge is 0.311 e. The molecule has 4 nitrogen and oxygen atoms in total. The first-order valence-corrected chi connectivity index (χ1v) is 14.7. The van der Waals surface area contributed by atoms with Gasteiger partial charge in [0.1, 0.15) is 6.61 Å². The van der Waals surface area contributed by atoms with Gasteiger partial charge in [0.2, 0.25) is 0 Å². The number of benzene rings is 2. The maximum Gasteiger partial charge on any atom is 0.311 e. The van der Waals surface area contributed by atoms with E-state index in [4.69, 9.17) is 9.47 Å². The molecule has 0 spiro atoms. The van der Waals surface area contributed by atoms with Crippen molar-refractivity contribution in [3.8, 4) is 0 Å². The molecule has 2 rings (SSSR count). The predicted octanol–water partition coefficient (Wildman–Crippen LogP) is 5.31. The first kappa shape index (κ1) is 26.3. The molecule has 0 aliphatic heterocycles. The number of rotatable bonds is 12. The molecule has 0 fully saturated rings. The molecular weight excluding hydrogens is 416 g/mol. The van der Waals surface area contributed by atoms with E-state index in [1.165, 1.54) is 5.19 Å². The summed E-state index contributed by atoms with van der Waals surface area (Å²) in [5.41, 5.74) is 0.717. The van der Waals surface area contributed by atoms with E-state index in [0.717, 1.165) is 18.4 Å². The summed E-state index contributed by atoms with van der Waals surface area (Å²) in [6, 6.07) is 20.1. The molecule has 176 valence electrons. The summed E-state index contributed by atoms with van der Waals surface area (Å²) >= 11 is 0. The normalized spacial score (nSPS) is 15.1. The molecule has 0 unspecified atom stereocenters. The molecule has 2 aromatic rings. The van der Waals surface area contributed by atoms with E-state index in [1.54, 1.807) is 7.11 Å². The Morgan fingerprint density at radius 2 is 1.59 bits per heavy atom. The Bertz CT molecular complexity index is 820. The maximum atomic E-state index is 13.3. The highest BCUT2D eigenvalue weighted by atomic mass is 28.3. The Hall–Kier alpha value is -1.95. The van der Waals surface area contributed by atoms with Crippen molar-refractivity contribution in [1.29, 1.82) is 0 Å². The van der Waals surface area contributed by atoms with Crippen molar-refractivity contribution in [3.05, 3.63) is 66.2 Å². The molecule has 0 saturated heterocycles. The van der Waals surface area contributed by atoms with Crippen molar-refractivity contribution in [3.63, 3.8) is 0 Å². The minimum absolute atomic E-state index is 0.0126. The highest BCUT2D eigenvalue weighted by Gasteiger charge is 2.43. The van der Waals surface area contributed by atoms with Gasteiger partial charge in [0, 0.05) is 7.11 Å². The molecule has 2 aromatic carbocycles. The second kappa shape index (κ2) is 11.8. The van der Waals surface area contributed by atoms with Crippen LogP contribution < -0.4 is 5.19 Å². The van der Waals surface area contributed by atoms with Crippen LogP contribution >= 0.6 is 0 Å². The van der Waals surface area contributed by atoms with Gasteiger partial charge in [-0.1, -0.05) is 85.9 Å². The molecular formula is C27H40O4Si. The van der Waals surface area contributed by atoms with E-state index in [9.17, 15) is 9.90 Å². The Kier molecular flexibility index (Phi) is 9.68. The van der Waals surface area contributed by atoms with Crippen LogP contribution in [0.3, 0.4) is 0 Å². The van der Waals surface area contributed by atoms with Gasteiger partial charge in [0.15, 0.2) is 0 Å². The summed E-state index contributed by atoms with van der Waals surface area (Å²) in [4.78, 5) is 13.3. The standard InChI is InChI=1S/C27H40O4Si/c1-21(32(5,6)23-16-11-8-12-17-23)25(24(28)18-13-19-27(2,3)30-4)26(29)31-20-22-14-9-7-10-15-22/h7-12,14-17,21,24-25,28H,13,18-20H2,1-6H3/t21-,24-,25+/m0/s1. The van der Waals surface area contributed by atoms with Crippen molar-refractivity contribution in [1.82, 2.24) is 0 Å². The fraction of sp³-hybridized carbons (Fsp3) is 0.519. The molecule has 32 heavy (non-hydrogen) atoms. The van der Waals surface area contributed by atoms with Crippen LogP contribution in [0, 0.1) is 5.92 Å². The molecule has 5 heteroatoms. The van der Waals surface area contributed by atoms with Crippen molar-refractivity contribution < 1.29 is 19.4 Å². The first-order chi connectivity index (χ1) is 15.1. The number of esters is 1. The third-order valence-corrected chi connectivity index (χ3v) is 11.4. The Labute approximate surface area is 195 Å². The van der Waals surface area contributed by atoms with Crippen molar-refractivity contribution in [2.75, 3.05) is 7.11 Å². The molecule has 0 radical (unpaired) electrons. The molecule has 3 atom stereocenters. The minimum Gasteiger partial charge on any atom is -0.461 e. The summed E-state index contributed by atoms with van der Waals surface area (Å²) in [5, 5.41) is 12.5. The SMILES string of the molecule is COC(C)(C)CCC[C@H](O)[C@H](C(=O)OCc1ccccc1)[C@H](C)[Si](C)(C)c1ccccc1. The number of carbonyl (C=O) groups is 1. The van der Waals surface area contributed by atoms with Crippen molar-refractivity contribution in [2.45, 2.75) is 77.0 Å². The van der Waals surface area contributed by atoms with E-state index in [0.29, 0.717) is 6.42 Å². The second-order valence-corrected chi connectivity index (χ2v) is 14.9. The van der Waals surface area contributed by atoms with Gasteiger partial charge in [0.05, 0.1) is 25.7 Å². The van der Waals surface area contributed by atoms with Crippen LogP contribution in [0.5, 0.6) is 0 Å². The lowest BCUT2D eigenvalue weighted by Gasteiger charge is -2.37. The number of ether oxygens (including phenoxy) is 2. The van der Waals surface area contributed by atoms with Crippen molar-refractivity contribution >= 4 is 19.2 Å². The average molecular weight is 457 g/mol. The van der Waals surface area contributed by atoms with E-state index < -0.39 is 20.1 Å². The second-order valence-electron chi connectivity index (χ2n) is 9.92. The molecule has 0 amide bonds. The summed E-state index contributed by atoms with van der Waals surface area (Å²) in [7, 11) is -0.343. The zero-order chi connectivity index (χ0) is 23.8. The van der Waals surface area contributed by atoms with Crippen LogP contribution in [-0.4, -0.2) is 38.0 Å². The zero-order valence-corrected chi connectivity index (χ0v) is 21.5. The fourth-order valence-corrected chi connectivity index (χ4v) is 6.95. The largest absolute Gasteiger partial charge is 0.461 e. The van der Waals surface area contributed by atoms with E-state index in [2.05, 4.69) is 32.2 Å². The lowest BCUT2D eigenvalue weighted by Crippen LogP contribution is -2.51. The molecule has 0 heterocycles. The average Bonchev–Trinajstić information content (AvgIpc) is 2.79. The molecule has 0 aromatic heterocycles. The van der Waals surface area contributed by atoms with Crippen LogP contribution in [0.4, 0.5) is 0 Å². The van der Waals surface area contributed by atoms with Gasteiger partial charge in [-0.3, -0.25) is 4.79 Å². The van der Waals surface area contributed by atoms with Crippen LogP contribution in [0.15, 0.2) is 60.7 Å². The fourth-order valence-electron chi connectivity index (χ4n) is 4.12. The number of hydrogen-bond acceptors (Lipinski definition) is 4. The number of hydrogen-bond donors (Lipinski definition) is 1. The van der Waals surface area contributed by atoms with Crippen LogP contribution in [0.25, 0.3) is 0 Å². The summed E-state index contributed by atoms with van der Waals surface area (Å²) in [5.74, 6) is -0.873. The van der Waals surface area contributed by atoms with Gasteiger partial charge in [-0.05, 0) is 44.2 Å². The van der Waals surface area contributed by atoms with Crippen LogP contribution in [0.1, 0.15) is 45.6 Å². The molecule has 0 saturated carbocycles. The van der Waals surface area contributed by atoms with Gasteiger partial charge in [-0.2, -0.15) is 0 Å². The topological polar surface area (TPSA) is 55.8 Å².